The van der Waals surface area contributed by atoms with Crippen LogP contribution in [0.2, 0.25) is 0 Å². The lowest BCUT2D eigenvalue weighted by Crippen LogP contribution is -1.97. The molecule has 3 nitrogen and oxygen atoms in total. The molecule has 0 spiro atoms. The smallest absolute Gasteiger partial charge is 0.119 e. The zero-order valence-corrected chi connectivity index (χ0v) is 13.6. The van der Waals surface area contributed by atoms with E-state index in [-0.39, 0.29) is 0 Å². The molecular formula is C20H20N2O. The number of aryl methyl sites for hydroxylation is 1. The molecule has 0 saturated carbocycles. The molecular weight excluding hydrogens is 284 g/mol. The topological polar surface area (TPSA) is 56.8 Å². The summed E-state index contributed by atoms with van der Waals surface area (Å²) in [4.78, 5) is 0. The van der Waals surface area contributed by atoms with Gasteiger partial charge in [-0.15, -0.1) is 0 Å². The number of hydrogen-bond acceptors (Lipinski definition) is 3. The molecule has 3 heteroatoms. The Bertz CT molecular complexity index is 749. The molecule has 0 unspecified atom stereocenters. The molecule has 2 rings (SSSR count). The van der Waals surface area contributed by atoms with E-state index < -0.39 is 0 Å². The van der Waals surface area contributed by atoms with E-state index in [9.17, 15) is 10.5 Å². The van der Waals surface area contributed by atoms with Gasteiger partial charge in [-0.3, -0.25) is 0 Å². The minimum atomic E-state index is 0.459. The van der Waals surface area contributed by atoms with Crippen molar-refractivity contribution in [3.63, 3.8) is 0 Å². The van der Waals surface area contributed by atoms with Crippen molar-refractivity contribution in [2.75, 3.05) is 6.61 Å². The van der Waals surface area contributed by atoms with Crippen molar-refractivity contribution in [2.45, 2.75) is 33.1 Å². The van der Waals surface area contributed by atoms with Gasteiger partial charge < -0.3 is 4.74 Å². The highest BCUT2D eigenvalue weighted by Gasteiger charge is 2.14. The molecule has 0 aliphatic heterocycles. The zero-order valence-electron chi connectivity index (χ0n) is 13.6. The first-order valence-corrected chi connectivity index (χ1v) is 7.94. The Morgan fingerprint density at radius 1 is 0.870 bits per heavy atom. The first-order valence-electron chi connectivity index (χ1n) is 7.94. The summed E-state index contributed by atoms with van der Waals surface area (Å²) >= 11 is 0. The fraction of sp³-hybridized carbons (Fsp3) is 0.300. The number of nitrogens with zero attached hydrogens (tertiary/aromatic N) is 2. The van der Waals surface area contributed by atoms with E-state index in [0.29, 0.717) is 17.7 Å². The van der Waals surface area contributed by atoms with Crippen LogP contribution in [0.25, 0.3) is 11.1 Å². The lowest BCUT2D eigenvalue weighted by Gasteiger charge is -2.11. The van der Waals surface area contributed by atoms with Gasteiger partial charge in [-0.25, -0.2) is 0 Å². The normalized spacial score (nSPS) is 9.91. The first-order chi connectivity index (χ1) is 11.2. The number of rotatable bonds is 6. The van der Waals surface area contributed by atoms with Gasteiger partial charge in [0.05, 0.1) is 17.7 Å². The minimum Gasteiger partial charge on any atom is -0.494 e. The first kappa shape index (κ1) is 16.6. The predicted octanol–water partition coefficient (Wildman–Crippen LogP) is 4.84. The van der Waals surface area contributed by atoms with Crippen LogP contribution in [0, 0.1) is 22.7 Å². The Balaban J connectivity index is 2.44. The Kier molecular flexibility index (Phi) is 5.78. The summed E-state index contributed by atoms with van der Waals surface area (Å²) in [7, 11) is 0. The van der Waals surface area contributed by atoms with Gasteiger partial charge in [0.15, 0.2) is 0 Å². The SMILES string of the molecule is CCCOc1ccc(-c2ccc(CCC)c(C#N)c2C#N)cc1. The van der Waals surface area contributed by atoms with Crippen LogP contribution >= 0.6 is 0 Å². The van der Waals surface area contributed by atoms with Crippen LogP contribution in [0.1, 0.15) is 43.4 Å². The maximum Gasteiger partial charge on any atom is 0.119 e. The van der Waals surface area contributed by atoms with Crippen molar-refractivity contribution in [1.29, 1.82) is 10.5 Å². The summed E-state index contributed by atoms with van der Waals surface area (Å²) < 4.78 is 5.58. The van der Waals surface area contributed by atoms with Gasteiger partial charge in [0.2, 0.25) is 0 Å². The maximum absolute atomic E-state index is 9.53. The third-order valence-electron chi connectivity index (χ3n) is 3.67. The van der Waals surface area contributed by atoms with Crippen LogP contribution in [0.15, 0.2) is 36.4 Å². The van der Waals surface area contributed by atoms with Gasteiger partial charge in [0, 0.05) is 5.56 Å². The fourth-order valence-corrected chi connectivity index (χ4v) is 2.56. The average Bonchev–Trinajstić information content (AvgIpc) is 2.60. The monoisotopic (exact) mass is 304 g/mol. The van der Waals surface area contributed by atoms with E-state index in [2.05, 4.69) is 26.0 Å². The van der Waals surface area contributed by atoms with Gasteiger partial charge in [-0.05, 0) is 36.1 Å². The van der Waals surface area contributed by atoms with Crippen LogP contribution in [0.3, 0.4) is 0 Å². The van der Waals surface area contributed by atoms with Crippen LogP contribution < -0.4 is 4.74 Å². The van der Waals surface area contributed by atoms with E-state index in [1.807, 2.05) is 36.4 Å². The Hall–Kier alpha value is -2.78. The van der Waals surface area contributed by atoms with E-state index in [4.69, 9.17) is 4.74 Å². The van der Waals surface area contributed by atoms with Crippen LogP contribution in [0.5, 0.6) is 5.75 Å². The lowest BCUT2D eigenvalue weighted by molar-refractivity contribution is 0.317. The highest BCUT2D eigenvalue weighted by Crippen LogP contribution is 2.29. The highest BCUT2D eigenvalue weighted by atomic mass is 16.5. The summed E-state index contributed by atoms with van der Waals surface area (Å²) in [5, 5.41) is 19.0. The fourth-order valence-electron chi connectivity index (χ4n) is 2.56. The van der Waals surface area contributed by atoms with Crippen molar-refractivity contribution in [3.05, 3.63) is 53.1 Å². The molecule has 0 atom stereocenters. The van der Waals surface area contributed by atoms with Gasteiger partial charge in [-0.2, -0.15) is 10.5 Å². The molecule has 0 amide bonds. The molecule has 0 bridgehead atoms. The second-order valence-electron chi connectivity index (χ2n) is 5.37. The van der Waals surface area contributed by atoms with Crippen LogP contribution in [-0.4, -0.2) is 6.61 Å². The molecule has 0 aromatic heterocycles. The molecule has 2 aromatic carbocycles. The van der Waals surface area contributed by atoms with Gasteiger partial charge >= 0.3 is 0 Å². The van der Waals surface area contributed by atoms with Crippen molar-refractivity contribution >= 4 is 0 Å². The van der Waals surface area contributed by atoms with Crippen molar-refractivity contribution in [3.8, 4) is 29.0 Å². The molecule has 0 radical (unpaired) electrons. The lowest BCUT2D eigenvalue weighted by atomic mass is 9.91. The van der Waals surface area contributed by atoms with Crippen molar-refractivity contribution in [1.82, 2.24) is 0 Å². The Morgan fingerprint density at radius 3 is 2.13 bits per heavy atom. The van der Waals surface area contributed by atoms with Gasteiger partial charge in [0.1, 0.15) is 17.9 Å². The summed E-state index contributed by atoms with van der Waals surface area (Å²) in [6, 6.07) is 16.0. The number of ether oxygens (including phenoxy) is 1. The quantitative estimate of drug-likeness (QED) is 0.767. The van der Waals surface area contributed by atoms with E-state index >= 15 is 0 Å². The number of benzene rings is 2. The van der Waals surface area contributed by atoms with E-state index in [0.717, 1.165) is 41.7 Å². The van der Waals surface area contributed by atoms with Crippen LogP contribution in [0.4, 0.5) is 0 Å². The minimum absolute atomic E-state index is 0.459. The average molecular weight is 304 g/mol. The zero-order chi connectivity index (χ0) is 16.7. The molecule has 0 aliphatic carbocycles. The Labute approximate surface area is 137 Å². The predicted molar refractivity (Wildman–Crippen MR) is 91.1 cm³/mol. The third kappa shape index (κ3) is 3.71. The molecule has 0 N–H and O–H groups in total. The second-order valence-corrected chi connectivity index (χ2v) is 5.37. The molecule has 0 saturated heterocycles. The van der Waals surface area contributed by atoms with Gasteiger partial charge in [-0.1, -0.05) is 44.5 Å². The summed E-state index contributed by atoms with van der Waals surface area (Å²) in [6.07, 6.45) is 2.72. The summed E-state index contributed by atoms with van der Waals surface area (Å²) in [5.74, 6) is 0.817. The van der Waals surface area contributed by atoms with Crippen LogP contribution in [-0.2, 0) is 6.42 Å². The van der Waals surface area contributed by atoms with Crippen molar-refractivity contribution in [2.24, 2.45) is 0 Å². The second kappa shape index (κ2) is 8.01. The van der Waals surface area contributed by atoms with E-state index in [1.165, 1.54) is 0 Å². The van der Waals surface area contributed by atoms with Crippen molar-refractivity contribution < 1.29 is 4.74 Å². The number of nitriles is 2. The third-order valence-corrected chi connectivity index (χ3v) is 3.67. The molecule has 2 aromatic rings. The molecule has 116 valence electrons. The van der Waals surface area contributed by atoms with Gasteiger partial charge in [0.25, 0.3) is 0 Å². The van der Waals surface area contributed by atoms with E-state index in [1.54, 1.807) is 0 Å². The summed E-state index contributed by atoms with van der Waals surface area (Å²) in [6.45, 7) is 4.82. The standard InChI is InChI=1S/C20H20N2O/c1-3-5-15-8-11-18(20(14-22)19(15)13-21)16-6-9-17(10-7-16)23-12-4-2/h6-11H,3-5,12H2,1-2H3. The maximum atomic E-state index is 9.53. The molecule has 0 heterocycles. The summed E-state index contributed by atoms with van der Waals surface area (Å²) in [5.41, 5.74) is 3.62. The molecule has 0 fully saturated rings. The largest absolute Gasteiger partial charge is 0.494 e. The Morgan fingerprint density at radius 2 is 1.57 bits per heavy atom. The number of hydrogen-bond donors (Lipinski definition) is 0. The molecule has 23 heavy (non-hydrogen) atoms. The highest BCUT2D eigenvalue weighted by molar-refractivity contribution is 5.75. The molecule has 0 aliphatic rings.